The summed E-state index contributed by atoms with van der Waals surface area (Å²) in [7, 11) is -1.95. The van der Waals surface area contributed by atoms with Crippen LogP contribution in [-0.2, 0) is 26.2 Å². The number of amides is 2. The second-order valence-electron chi connectivity index (χ2n) is 10.0. The predicted molar refractivity (Wildman–Crippen MR) is 144 cm³/mol. The lowest BCUT2D eigenvalue weighted by Crippen LogP contribution is -2.52. The first-order valence-corrected chi connectivity index (χ1v) is 13.9. The number of nitrogens with zero attached hydrogens (tertiary/aromatic N) is 2. The maximum Gasteiger partial charge on any atom is 0.242 e. The van der Waals surface area contributed by atoms with Gasteiger partial charge in [0.05, 0.1) is 19.1 Å². The second kappa shape index (κ2) is 12.3. The molecule has 0 aromatic heterocycles. The van der Waals surface area contributed by atoms with Gasteiger partial charge in [0.2, 0.25) is 21.8 Å². The fraction of sp³-hybridized carbons (Fsp3) is 0.481. The first-order chi connectivity index (χ1) is 16.7. The van der Waals surface area contributed by atoms with Crippen LogP contribution in [0.5, 0.6) is 5.75 Å². The molecule has 198 valence electrons. The fourth-order valence-corrected chi connectivity index (χ4v) is 4.83. The number of nitrogens with one attached hydrogen (secondary N) is 1. The van der Waals surface area contributed by atoms with E-state index in [2.05, 4.69) is 5.32 Å². The smallest absolute Gasteiger partial charge is 0.242 e. The van der Waals surface area contributed by atoms with E-state index >= 15 is 0 Å². The Bertz CT molecular complexity index is 1140. The Morgan fingerprint density at radius 2 is 1.67 bits per heavy atom. The summed E-state index contributed by atoms with van der Waals surface area (Å²) in [5.41, 5.74) is 1.85. The van der Waals surface area contributed by atoms with Crippen LogP contribution < -0.4 is 14.4 Å². The normalized spacial score (nSPS) is 12.5. The topological polar surface area (TPSA) is 96.0 Å². The molecule has 0 aliphatic heterocycles. The summed E-state index contributed by atoms with van der Waals surface area (Å²) < 4.78 is 31.5. The highest BCUT2D eigenvalue weighted by atomic mass is 32.2. The van der Waals surface area contributed by atoms with Crippen LogP contribution in [0.1, 0.15) is 51.7 Å². The third kappa shape index (κ3) is 8.55. The van der Waals surface area contributed by atoms with Crippen molar-refractivity contribution in [2.45, 2.75) is 65.6 Å². The molecule has 0 aliphatic carbocycles. The predicted octanol–water partition coefficient (Wildman–Crippen LogP) is 3.88. The summed E-state index contributed by atoms with van der Waals surface area (Å²) in [6.07, 6.45) is 1.57. The number of ether oxygens (including phenoxy) is 1. The number of anilines is 1. The van der Waals surface area contributed by atoms with E-state index in [1.165, 1.54) is 4.31 Å². The standard InChI is InChI=1S/C27H39N3O5S/c1-20-11-8-9-12-24(20)30(36(7,33)34)18-10-13-25(31)29(21(2)26(32)28-27(3,4)5)19-22-14-16-23(35-6)17-15-22/h8-9,11-12,14-17,21H,10,13,18-19H2,1-7H3,(H,28,32). The van der Waals surface area contributed by atoms with Gasteiger partial charge in [0.25, 0.3) is 0 Å². The van der Waals surface area contributed by atoms with Crippen LogP contribution in [0.4, 0.5) is 5.69 Å². The average molecular weight is 518 g/mol. The van der Waals surface area contributed by atoms with Crippen molar-refractivity contribution in [2.75, 3.05) is 24.2 Å². The zero-order chi connectivity index (χ0) is 27.1. The number of para-hydroxylation sites is 1. The van der Waals surface area contributed by atoms with Gasteiger partial charge >= 0.3 is 0 Å². The molecule has 0 radical (unpaired) electrons. The molecule has 1 unspecified atom stereocenters. The van der Waals surface area contributed by atoms with Gasteiger partial charge in [0.15, 0.2) is 0 Å². The summed E-state index contributed by atoms with van der Waals surface area (Å²) in [4.78, 5) is 27.8. The van der Waals surface area contributed by atoms with E-state index < -0.39 is 21.6 Å². The number of methoxy groups -OCH3 is 1. The average Bonchev–Trinajstić information content (AvgIpc) is 2.79. The summed E-state index contributed by atoms with van der Waals surface area (Å²) in [6, 6.07) is 13.9. The van der Waals surface area contributed by atoms with Crippen molar-refractivity contribution in [3.8, 4) is 5.75 Å². The van der Waals surface area contributed by atoms with Crippen molar-refractivity contribution in [3.05, 3.63) is 59.7 Å². The van der Waals surface area contributed by atoms with Crippen LogP contribution in [0.2, 0.25) is 0 Å². The van der Waals surface area contributed by atoms with Crippen LogP contribution in [0.25, 0.3) is 0 Å². The Morgan fingerprint density at radius 1 is 1.06 bits per heavy atom. The molecule has 0 fully saturated rings. The molecule has 1 atom stereocenters. The minimum atomic E-state index is -3.53. The summed E-state index contributed by atoms with van der Waals surface area (Å²) in [6.45, 7) is 9.63. The first kappa shape index (κ1) is 29.2. The number of rotatable bonds is 11. The Morgan fingerprint density at radius 3 is 2.19 bits per heavy atom. The van der Waals surface area contributed by atoms with Gasteiger partial charge in [0.1, 0.15) is 11.8 Å². The molecule has 0 bridgehead atoms. The number of hydrogen-bond acceptors (Lipinski definition) is 5. The Hall–Kier alpha value is -3.07. The Kier molecular flexibility index (Phi) is 9.93. The molecule has 2 aromatic carbocycles. The van der Waals surface area contributed by atoms with Gasteiger partial charge in [-0.1, -0.05) is 30.3 Å². The third-order valence-corrected chi connectivity index (χ3v) is 6.89. The van der Waals surface area contributed by atoms with E-state index in [0.29, 0.717) is 17.9 Å². The van der Waals surface area contributed by atoms with Crippen LogP contribution >= 0.6 is 0 Å². The van der Waals surface area contributed by atoms with Gasteiger partial charge in [-0.15, -0.1) is 0 Å². The number of carbonyl (C=O) groups excluding carboxylic acids is 2. The lowest BCUT2D eigenvalue weighted by molar-refractivity contribution is -0.141. The number of hydrogen-bond donors (Lipinski definition) is 1. The number of carbonyl (C=O) groups is 2. The Balaban J connectivity index is 2.20. The molecule has 0 saturated heterocycles. The van der Waals surface area contributed by atoms with Crippen LogP contribution in [0.3, 0.4) is 0 Å². The molecule has 2 rings (SSSR count). The van der Waals surface area contributed by atoms with E-state index in [-0.39, 0.29) is 31.3 Å². The molecule has 8 nitrogen and oxygen atoms in total. The van der Waals surface area contributed by atoms with Gasteiger partial charge in [-0.05, 0) is 70.4 Å². The lowest BCUT2D eigenvalue weighted by atomic mass is 10.1. The minimum Gasteiger partial charge on any atom is -0.497 e. The van der Waals surface area contributed by atoms with E-state index in [9.17, 15) is 18.0 Å². The van der Waals surface area contributed by atoms with Crippen molar-refractivity contribution < 1.29 is 22.7 Å². The monoisotopic (exact) mass is 517 g/mol. The molecule has 2 amide bonds. The van der Waals surface area contributed by atoms with Crippen molar-refractivity contribution in [2.24, 2.45) is 0 Å². The molecular formula is C27H39N3O5S. The third-order valence-electron chi connectivity index (χ3n) is 5.71. The quantitative estimate of drug-likeness (QED) is 0.488. The number of sulfonamides is 1. The Labute approximate surface area is 215 Å². The summed E-state index contributed by atoms with van der Waals surface area (Å²) in [5.74, 6) is 0.231. The van der Waals surface area contributed by atoms with Crippen molar-refractivity contribution in [3.63, 3.8) is 0 Å². The van der Waals surface area contributed by atoms with Gasteiger partial charge in [-0.2, -0.15) is 0 Å². The highest BCUT2D eigenvalue weighted by Gasteiger charge is 2.28. The zero-order valence-corrected chi connectivity index (χ0v) is 23.2. The maximum atomic E-state index is 13.4. The van der Waals surface area contributed by atoms with E-state index in [1.807, 2.05) is 64.1 Å². The van der Waals surface area contributed by atoms with Gasteiger partial charge in [-0.3, -0.25) is 13.9 Å². The molecule has 36 heavy (non-hydrogen) atoms. The van der Waals surface area contributed by atoms with E-state index in [1.54, 1.807) is 31.1 Å². The molecule has 2 aromatic rings. The van der Waals surface area contributed by atoms with Gasteiger partial charge in [0, 0.05) is 25.0 Å². The minimum absolute atomic E-state index is 0.0984. The molecule has 1 N–H and O–H groups in total. The van der Waals surface area contributed by atoms with Gasteiger partial charge < -0.3 is 15.0 Å². The summed E-state index contributed by atoms with van der Waals surface area (Å²) >= 11 is 0. The molecule has 0 saturated carbocycles. The molecule has 9 heteroatoms. The molecule has 0 heterocycles. The van der Waals surface area contributed by atoms with Crippen LogP contribution in [0.15, 0.2) is 48.5 Å². The first-order valence-electron chi connectivity index (χ1n) is 12.0. The summed E-state index contributed by atoms with van der Waals surface area (Å²) in [5, 5.41) is 2.94. The molecule has 0 spiro atoms. The van der Waals surface area contributed by atoms with E-state index in [4.69, 9.17) is 4.74 Å². The molecule has 0 aliphatic rings. The molecular weight excluding hydrogens is 478 g/mol. The highest BCUT2D eigenvalue weighted by molar-refractivity contribution is 7.92. The highest BCUT2D eigenvalue weighted by Crippen LogP contribution is 2.23. The largest absolute Gasteiger partial charge is 0.497 e. The number of benzene rings is 2. The van der Waals surface area contributed by atoms with Gasteiger partial charge in [-0.25, -0.2) is 8.42 Å². The second-order valence-corrected chi connectivity index (χ2v) is 11.9. The van der Waals surface area contributed by atoms with Crippen molar-refractivity contribution in [1.29, 1.82) is 0 Å². The SMILES string of the molecule is COc1ccc(CN(C(=O)CCCN(c2ccccc2C)S(C)(=O)=O)C(C)C(=O)NC(C)(C)C)cc1. The lowest BCUT2D eigenvalue weighted by Gasteiger charge is -2.32. The van der Waals surface area contributed by atoms with E-state index in [0.717, 1.165) is 17.4 Å². The van der Waals surface area contributed by atoms with Crippen LogP contribution in [-0.4, -0.2) is 56.6 Å². The van der Waals surface area contributed by atoms with Crippen molar-refractivity contribution >= 4 is 27.5 Å². The zero-order valence-electron chi connectivity index (χ0n) is 22.4. The maximum absolute atomic E-state index is 13.4. The number of aryl methyl sites for hydroxylation is 1. The van der Waals surface area contributed by atoms with Crippen molar-refractivity contribution in [1.82, 2.24) is 10.2 Å². The fourth-order valence-electron chi connectivity index (χ4n) is 3.81. The van der Waals surface area contributed by atoms with Crippen LogP contribution in [0, 0.1) is 6.92 Å².